The molecular formula is C14H19FN2O2. The Bertz CT molecular complexity index is 432. The van der Waals surface area contributed by atoms with E-state index < -0.39 is 6.04 Å². The fourth-order valence-corrected chi connectivity index (χ4v) is 1.62. The molecule has 0 aliphatic heterocycles. The summed E-state index contributed by atoms with van der Waals surface area (Å²) in [4.78, 5) is 23.1. The van der Waals surface area contributed by atoms with E-state index in [1.165, 1.54) is 12.1 Å². The number of rotatable bonds is 6. The van der Waals surface area contributed by atoms with Gasteiger partial charge in [0.1, 0.15) is 11.9 Å². The highest BCUT2D eigenvalue weighted by Crippen LogP contribution is 2.05. The SMILES string of the molecule is CCNC(=O)[C@@H](C)NC(=O)CCc1ccc(F)cc1. The maximum Gasteiger partial charge on any atom is 0.242 e. The number of benzene rings is 1. The fourth-order valence-electron chi connectivity index (χ4n) is 1.62. The lowest BCUT2D eigenvalue weighted by Crippen LogP contribution is -2.44. The van der Waals surface area contributed by atoms with Gasteiger partial charge in [-0.15, -0.1) is 0 Å². The maximum absolute atomic E-state index is 12.7. The van der Waals surface area contributed by atoms with Crippen LogP contribution in [0.15, 0.2) is 24.3 Å². The van der Waals surface area contributed by atoms with E-state index in [4.69, 9.17) is 0 Å². The summed E-state index contributed by atoms with van der Waals surface area (Å²) in [7, 11) is 0. The Morgan fingerprint density at radius 2 is 1.89 bits per heavy atom. The van der Waals surface area contributed by atoms with E-state index in [0.29, 0.717) is 13.0 Å². The summed E-state index contributed by atoms with van der Waals surface area (Å²) in [6, 6.07) is 5.49. The lowest BCUT2D eigenvalue weighted by Gasteiger charge is -2.13. The molecule has 2 N–H and O–H groups in total. The molecule has 0 radical (unpaired) electrons. The first-order valence-corrected chi connectivity index (χ1v) is 6.34. The molecule has 5 heteroatoms. The Hall–Kier alpha value is -1.91. The van der Waals surface area contributed by atoms with Gasteiger partial charge in [0.2, 0.25) is 11.8 Å². The summed E-state index contributed by atoms with van der Waals surface area (Å²) in [6.07, 6.45) is 0.795. The second kappa shape index (κ2) is 7.51. The first-order valence-electron chi connectivity index (χ1n) is 6.34. The molecule has 0 unspecified atom stereocenters. The molecule has 0 saturated heterocycles. The van der Waals surface area contributed by atoms with Gasteiger partial charge in [0, 0.05) is 13.0 Å². The quantitative estimate of drug-likeness (QED) is 0.817. The molecule has 0 spiro atoms. The molecule has 4 nitrogen and oxygen atoms in total. The standard InChI is InChI=1S/C14H19FN2O2/c1-3-16-14(19)10(2)17-13(18)9-6-11-4-7-12(15)8-5-11/h4-5,7-8,10H,3,6,9H2,1-2H3,(H,16,19)(H,17,18)/t10-/m1/s1. The molecule has 0 aliphatic rings. The highest BCUT2D eigenvalue weighted by Gasteiger charge is 2.14. The summed E-state index contributed by atoms with van der Waals surface area (Å²) >= 11 is 0. The van der Waals surface area contributed by atoms with Crippen molar-refractivity contribution in [3.63, 3.8) is 0 Å². The number of amides is 2. The summed E-state index contributed by atoms with van der Waals surface area (Å²) in [5.74, 6) is -0.682. The normalized spacial score (nSPS) is 11.7. The zero-order valence-electron chi connectivity index (χ0n) is 11.2. The van der Waals surface area contributed by atoms with Gasteiger partial charge in [0.25, 0.3) is 0 Å². The number of hydrogen-bond acceptors (Lipinski definition) is 2. The predicted molar refractivity (Wildman–Crippen MR) is 71.0 cm³/mol. The first-order chi connectivity index (χ1) is 9.02. The summed E-state index contributed by atoms with van der Waals surface area (Å²) < 4.78 is 12.7. The van der Waals surface area contributed by atoms with Crippen molar-refractivity contribution in [2.45, 2.75) is 32.7 Å². The summed E-state index contributed by atoms with van der Waals surface area (Å²) in [5, 5.41) is 5.26. The monoisotopic (exact) mass is 266 g/mol. The highest BCUT2D eigenvalue weighted by atomic mass is 19.1. The third-order valence-electron chi connectivity index (χ3n) is 2.68. The number of carbonyl (C=O) groups is 2. The first kappa shape index (κ1) is 15.1. The third kappa shape index (κ3) is 5.50. The van der Waals surface area contributed by atoms with Crippen molar-refractivity contribution >= 4 is 11.8 Å². The van der Waals surface area contributed by atoms with Crippen molar-refractivity contribution in [3.8, 4) is 0 Å². The highest BCUT2D eigenvalue weighted by molar-refractivity contribution is 5.87. The van der Waals surface area contributed by atoms with Crippen molar-refractivity contribution in [1.82, 2.24) is 10.6 Å². The minimum absolute atomic E-state index is 0.192. The molecule has 19 heavy (non-hydrogen) atoms. The minimum Gasteiger partial charge on any atom is -0.355 e. The van der Waals surface area contributed by atoms with Crippen LogP contribution in [0.4, 0.5) is 4.39 Å². The van der Waals surface area contributed by atoms with E-state index in [1.807, 2.05) is 6.92 Å². The average Bonchev–Trinajstić information content (AvgIpc) is 2.38. The van der Waals surface area contributed by atoms with E-state index in [-0.39, 0.29) is 24.1 Å². The minimum atomic E-state index is -0.541. The number of halogens is 1. The van der Waals surface area contributed by atoms with E-state index >= 15 is 0 Å². The van der Waals surface area contributed by atoms with Crippen LogP contribution in [0.2, 0.25) is 0 Å². The second-order valence-corrected chi connectivity index (χ2v) is 4.31. The molecule has 1 atom stereocenters. The Morgan fingerprint density at radius 3 is 2.47 bits per heavy atom. The molecule has 0 fully saturated rings. The van der Waals surface area contributed by atoms with Gasteiger partial charge in [-0.25, -0.2) is 4.39 Å². The lowest BCUT2D eigenvalue weighted by molar-refractivity contribution is -0.128. The molecule has 0 aliphatic carbocycles. The van der Waals surface area contributed by atoms with Crippen LogP contribution < -0.4 is 10.6 Å². The molecule has 2 amide bonds. The van der Waals surface area contributed by atoms with E-state index in [0.717, 1.165) is 5.56 Å². The van der Waals surface area contributed by atoms with Gasteiger partial charge in [0.15, 0.2) is 0 Å². The fraction of sp³-hybridized carbons (Fsp3) is 0.429. The molecule has 104 valence electrons. The van der Waals surface area contributed by atoms with Crippen molar-refractivity contribution in [2.24, 2.45) is 0 Å². The van der Waals surface area contributed by atoms with Crippen molar-refractivity contribution in [3.05, 3.63) is 35.6 Å². The van der Waals surface area contributed by atoms with E-state index in [1.54, 1.807) is 19.1 Å². The van der Waals surface area contributed by atoms with Crippen LogP contribution in [-0.4, -0.2) is 24.4 Å². The molecule has 0 bridgehead atoms. The van der Waals surface area contributed by atoms with Crippen molar-refractivity contribution in [1.29, 1.82) is 0 Å². The molecular weight excluding hydrogens is 247 g/mol. The Labute approximate surface area is 112 Å². The van der Waals surface area contributed by atoms with E-state index in [2.05, 4.69) is 10.6 Å². The molecule has 0 heterocycles. The number of aryl methyl sites for hydroxylation is 1. The number of hydrogen-bond donors (Lipinski definition) is 2. The van der Waals surface area contributed by atoms with Gasteiger partial charge in [-0.3, -0.25) is 9.59 Å². The van der Waals surface area contributed by atoms with Crippen LogP contribution >= 0.6 is 0 Å². The van der Waals surface area contributed by atoms with Crippen LogP contribution in [0.3, 0.4) is 0 Å². The van der Waals surface area contributed by atoms with Crippen LogP contribution in [0.1, 0.15) is 25.8 Å². The van der Waals surface area contributed by atoms with Crippen LogP contribution in [0.25, 0.3) is 0 Å². The van der Waals surface area contributed by atoms with Crippen molar-refractivity contribution in [2.75, 3.05) is 6.54 Å². The van der Waals surface area contributed by atoms with Gasteiger partial charge >= 0.3 is 0 Å². The Morgan fingerprint density at radius 1 is 1.26 bits per heavy atom. The Kier molecular flexibility index (Phi) is 5.99. The lowest BCUT2D eigenvalue weighted by atomic mass is 10.1. The summed E-state index contributed by atoms with van der Waals surface area (Å²) in [6.45, 7) is 4.00. The number of carbonyl (C=O) groups excluding carboxylic acids is 2. The van der Waals surface area contributed by atoms with Gasteiger partial charge in [-0.2, -0.15) is 0 Å². The molecule has 1 aromatic rings. The Balaban J connectivity index is 2.35. The average molecular weight is 266 g/mol. The van der Waals surface area contributed by atoms with Gasteiger partial charge in [-0.05, 0) is 38.0 Å². The van der Waals surface area contributed by atoms with Crippen LogP contribution in [-0.2, 0) is 16.0 Å². The maximum atomic E-state index is 12.7. The third-order valence-corrected chi connectivity index (χ3v) is 2.68. The molecule has 0 saturated carbocycles. The van der Waals surface area contributed by atoms with Gasteiger partial charge < -0.3 is 10.6 Å². The largest absolute Gasteiger partial charge is 0.355 e. The number of likely N-dealkylation sites (N-methyl/N-ethyl adjacent to an activating group) is 1. The zero-order chi connectivity index (χ0) is 14.3. The zero-order valence-corrected chi connectivity index (χ0v) is 11.2. The van der Waals surface area contributed by atoms with Crippen LogP contribution in [0, 0.1) is 5.82 Å². The second-order valence-electron chi connectivity index (χ2n) is 4.31. The molecule has 1 aromatic carbocycles. The van der Waals surface area contributed by atoms with E-state index in [9.17, 15) is 14.0 Å². The van der Waals surface area contributed by atoms with Crippen molar-refractivity contribution < 1.29 is 14.0 Å². The smallest absolute Gasteiger partial charge is 0.242 e. The summed E-state index contributed by atoms with van der Waals surface area (Å²) in [5.41, 5.74) is 0.891. The topological polar surface area (TPSA) is 58.2 Å². The van der Waals surface area contributed by atoms with Gasteiger partial charge in [-0.1, -0.05) is 12.1 Å². The molecule has 1 rings (SSSR count). The number of nitrogens with one attached hydrogen (secondary N) is 2. The molecule has 0 aromatic heterocycles. The van der Waals surface area contributed by atoms with Crippen LogP contribution in [0.5, 0.6) is 0 Å². The van der Waals surface area contributed by atoms with Gasteiger partial charge in [0.05, 0.1) is 0 Å². The predicted octanol–water partition coefficient (Wildman–Crippen LogP) is 1.40.